The van der Waals surface area contributed by atoms with Gasteiger partial charge in [-0.05, 0) is 31.1 Å². The van der Waals surface area contributed by atoms with Gasteiger partial charge in [-0.1, -0.05) is 13.8 Å². The number of amides is 2. The van der Waals surface area contributed by atoms with Crippen LogP contribution in [0.2, 0.25) is 0 Å². The Balaban J connectivity index is 2.21. The molecule has 0 spiro atoms. The second-order valence-corrected chi connectivity index (χ2v) is 5.49. The van der Waals surface area contributed by atoms with Crippen molar-refractivity contribution in [2.45, 2.75) is 45.6 Å². The lowest BCUT2D eigenvalue weighted by Gasteiger charge is -2.34. The van der Waals surface area contributed by atoms with Gasteiger partial charge in [0, 0.05) is 6.04 Å². The Kier molecular flexibility index (Phi) is 4.93. The summed E-state index contributed by atoms with van der Waals surface area (Å²) < 4.78 is 0. The van der Waals surface area contributed by atoms with Gasteiger partial charge in [-0.25, -0.2) is 0 Å². The molecule has 4 N–H and O–H groups in total. The summed E-state index contributed by atoms with van der Waals surface area (Å²) in [4.78, 5) is 22.4. The maximum atomic E-state index is 11.5. The number of hydrogen-bond donors (Lipinski definition) is 3. The fraction of sp³-hybridized carbons (Fsp3) is 0.833. The van der Waals surface area contributed by atoms with Gasteiger partial charge in [0.15, 0.2) is 0 Å². The Bertz CT molecular complexity index is 279. The van der Waals surface area contributed by atoms with Crippen molar-refractivity contribution in [1.82, 2.24) is 10.6 Å². The molecule has 0 aliphatic heterocycles. The minimum Gasteiger partial charge on any atom is -0.352 e. The van der Waals surface area contributed by atoms with Gasteiger partial charge in [0.25, 0.3) is 0 Å². The number of hydrogen-bond acceptors (Lipinski definition) is 3. The third-order valence-corrected chi connectivity index (χ3v) is 3.34. The summed E-state index contributed by atoms with van der Waals surface area (Å²) in [6, 6.07) is 0.255. The molecule has 0 bridgehead atoms. The smallest absolute Gasteiger partial charge is 0.239 e. The molecular weight excluding hydrogens is 218 g/mol. The van der Waals surface area contributed by atoms with Crippen molar-refractivity contribution in [3.05, 3.63) is 0 Å². The summed E-state index contributed by atoms with van der Waals surface area (Å²) in [6.45, 7) is 4.46. The van der Waals surface area contributed by atoms with Crippen LogP contribution in [0.5, 0.6) is 0 Å². The highest BCUT2D eigenvalue weighted by atomic mass is 16.2. The van der Waals surface area contributed by atoms with Gasteiger partial charge in [0.05, 0.1) is 13.1 Å². The molecule has 0 unspecified atom stereocenters. The highest BCUT2D eigenvalue weighted by Crippen LogP contribution is 2.34. The van der Waals surface area contributed by atoms with Gasteiger partial charge < -0.3 is 16.4 Å². The van der Waals surface area contributed by atoms with Crippen molar-refractivity contribution in [3.63, 3.8) is 0 Å². The average Bonchev–Trinajstić information content (AvgIpc) is 2.29. The second kappa shape index (κ2) is 6.00. The van der Waals surface area contributed by atoms with Gasteiger partial charge in [-0.3, -0.25) is 9.59 Å². The quantitative estimate of drug-likeness (QED) is 0.655. The lowest BCUT2D eigenvalue weighted by atomic mass is 9.75. The Morgan fingerprint density at radius 2 is 1.82 bits per heavy atom. The van der Waals surface area contributed by atoms with Crippen molar-refractivity contribution in [2.24, 2.45) is 11.1 Å². The Morgan fingerprint density at radius 1 is 1.24 bits per heavy atom. The van der Waals surface area contributed by atoms with Gasteiger partial charge >= 0.3 is 0 Å². The monoisotopic (exact) mass is 241 g/mol. The molecule has 2 amide bonds. The summed E-state index contributed by atoms with van der Waals surface area (Å²) in [7, 11) is 0. The third kappa shape index (κ3) is 5.17. The highest BCUT2D eigenvalue weighted by Gasteiger charge is 2.27. The van der Waals surface area contributed by atoms with E-state index >= 15 is 0 Å². The maximum absolute atomic E-state index is 11.5. The molecule has 17 heavy (non-hydrogen) atoms. The number of rotatable bonds is 4. The maximum Gasteiger partial charge on any atom is 0.239 e. The first-order chi connectivity index (χ1) is 7.93. The lowest BCUT2D eigenvalue weighted by Crippen LogP contribution is -2.45. The van der Waals surface area contributed by atoms with Crippen molar-refractivity contribution >= 4 is 11.8 Å². The molecule has 1 aliphatic rings. The minimum atomic E-state index is -0.301. The van der Waals surface area contributed by atoms with E-state index in [1.54, 1.807) is 0 Å². The largest absolute Gasteiger partial charge is 0.352 e. The van der Waals surface area contributed by atoms with Crippen LogP contribution in [0, 0.1) is 5.41 Å². The first-order valence-electron chi connectivity index (χ1n) is 6.19. The van der Waals surface area contributed by atoms with Crippen LogP contribution in [0.25, 0.3) is 0 Å². The van der Waals surface area contributed by atoms with E-state index in [2.05, 4.69) is 24.5 Å². The van der Waals surface area contributed by atoms with E-state index in [-0.39, 0.29) is 30.9 Å². The third-order valence-electron chi connectivity index (χ3n) is 3.34. The van der Waals surface area contributed by atoms with Crippen LogP contribution in [0.4, 0.5) is 0 Å². The van der Waals surface area contributed by atoms with Crippen LogP contribution in [-0.2, 0) is 9.59 Å². The van der Waals surface area contributed by atoms with Gasteiger partial charge in [0.1, 0.15) is 0 Å². The minimum absolute atomic E-state index is 0.0237. The van der Waals surface area contributed by atoms with E-state index in [0.717, 1.165) is 25.7 Å². The number of carbonyl (C=O) groups is 2. The first-order valence-corrected chi connectivity index (χ1v) is 6.19. The molecule has 0 saturated heterocycles. The Morgan fingerprint density at radius 3 is 2.35 bits per heavy atom. The number of nitrogens with one attached hydrogen (secondary N) is 2. The zero-order valence-corrected chi connectivity index (χ0v) is 10.7. The molecule has 0 atom stereocenters. The van der Waals surface area contributed by atoms with Crippen molar-refractivity contribution < 1.29 is 9.59 Å². The molecule has 1 saturated carbocycles. The molecule has 0 aromatic carbocycles. The van der Waals surface area contributed by atoms with Crippen LogP contribution in [0.1, 0.15) is 39.5 Å². The number of nitrogens with two attached hydrogens (primary N) is 1. The topological polar surface area (TPSA) is 84.2 Å². The molecule has 0 heterocycles. The van der Waals surface area contributed by atoms with Crippen molar-refractivity contribution in [3.8, 4) is 0 Å². The molecule has 98 valence electrons. The predicted octanol–water partition coefficient (Wildman–Crippen LogP) is 0.146. The molecule has 1 fully saturated rings. The SMILES string of the molecule is CC1(C)CCC(NC(=O)CNC(=O)CN)CC1. The highest BCUT2D eigenvalue weighted by molar-refractivity contribution is 5.85. The Labute approximate surface area is 103 Å². The normalized spacial score (nSPS) is 19.7. The molecule has 5 heteroatoms. The molecule has 0 aromatic heterocycles. The van der Waals surface area contributed by atoms with E-state index in [4.69, 9.17) is 5.73 Å². The molecule has 0 radical (unpaired) electrons. The molecule has 0 aromatic rings. The summed E-state index contributed by atoms with van der Waals surface area (Å²) >= 11 is 0. The summed E-state index contributed by atoms with van der Waals surface area (Å²) in [5.74, 6) is -0.429. The first kappa shape index (κ1) is 14.0. The zero-order valence-electron chi connectivity index (χ0n) is 10.7. The summed E-state index contributed by atoms with van der Waals surface area (Å²) in [5, 5.41) is 5.40. The van der Waals surface area contributed by atoms with Crippen LogP contribution in [0.15, 0.2) is 0 Å². The van der Waals surface area contributed by atoms with Gasteiger partial charge in [-0.2, -0.15) is 0 Å². The molecule has 1 rings (SSSR count). The van der Waals surface area contributed by atoms with Crippen LogP contribution >= 0.6 is 0 Å². The van der Waals surface area contributed by atoms with E-state index in [0.29, 0.717) is 5.41 Å². The Hall–Kier alpha value is -1.10. The molecular formula is C12H23N3O2. The van der Waals surface area contributed by atoms with Crippen LogP contribution < -0.4 is 16.4 Å². The lowest BCUT2D eigenvalue weighted by molar-refractivity contribution is -0.126. The van der Waals surface area contributed by atoms with Gasteiger partial charge in [0.2, 0.25) is 11.8 Å². The van der Waals surface area contributed by atoms with Crippen molar-refractivity contribution in [1.29, 1.82) is 0 Å². The predicted molar refractivity (Wildman–Crippen MR) is 66.2 cm³/mol. The van der Waals surface area contributed by atoms with Crippen molar-refractivity contribution in [2.75, 3.05) is 13.1 Å². The fourth-order valence-corrected chi connectivity index (χ4v) is 2.07. The van der Waals surface area contributed by atoms with E-state index in [1.165, 1.54) is 0 Å². The van der Waals surface area contributed by atoms with E-state index in [1.807, 2.05) is 0 Å². The standard InChI is InChI=1S/C12H23N3O2/c1-12(2)5-3-9(4-6-12)15-11(17)8-14-10(16)7-13/h9H,3-8,13H2,1-2H3,(H,14,16)(H,15,17). The zero-order chi connectivity index (χ0) is 12.9. The fourth-order valence-electron chi connectivity index (χ4n) is 2.07. The molecule has 1 aliphatic carbocycles. The summed E-state index contributed by atoms with van der Waals surface area (Å²) in [5.41, 5.74) is 5.53. The van der Waals surface area contributed by atoms with E-state index in [9.17, 15) is 9.59 Å². The van der Waals surface area contributed by atoms with Gasteiger partial charge in [-0.15, -0.1) is 0 Å². The van der Waals surface area contributed by atoms with Crippen LogP contribution in [0.3, 0.4) is 0 Å². The van der Waals surface area contributed by atoms with E-state index < -0.39 is 0 Å². The average molecular weight is 241 g/mol. The summed E-state index contributed by atoms with van der Waals surface area (Å²) in [6.07, 6.45) is 4.30. The second-order valence-electron chi connectivity index (χ2n) is 5.49. The van der Waals surface area contributed by atoms with Crippen LogP contribution in [-0.4, -0.2) is 30.9 Å². The number of carbonyl (C=O) groups excluding carboxylic acids is 2. The molecule has 5 nitrogen and oxygen atoms in total.